The third-order valence-corrected chi connectivity index (χ3v) is 4.33. The molecule has 2 rings (SSSR count). The van der Waals surface area contributed by atoms with Gasteiger partial charge in [0.1, 0.15) is 5.75 Å². The summed E-state index contributed by atoms with van der Waals surface area (Å²) in [5, 5.41) is 6.91. The maximum Gasteiger partial charge on any atom is 0.226 e. The average molecular weight is 358 g/mol. The molecule has 2 aromatic rings. The molecule has 0 aliphatic carbocycles. The van der Waals surface area contributed by atoms with Crippen molar-refractivity contribution in [2.45, 2.75) is 26.2 Å². The van der Waals surface area contributed by atoms with E-state index in [1.807, 2.05) is 13.0 Å². The topological polar surface area (TPSA) is 63.2 Å². The van der Waals surface area contributed by atoms with Crippen LogP contribution in [0.1, 0.15) is 26.2 Å². The number of fused-ring (bicyclic) bond motifs is 1. The summed E-state index contributed by atoms with van der Waals surface area (Å²) in [5.74, 6) is 0.505. The molecular weight excluding hydrogens is 342 g/mol. The SMILES string of the molecule is CCCCC(=O)NC(=S)Nc1nc2cc(Cl)c(OC)cc2s1. The number of hydrogen-bond donors (Lipinski definition) is 2. The monoisotopic (exact) mass is 357 g/mol. The number of ether oxygens (including phenoxy) is 1. The third-order valence-electron chi connectivity index (χ3n) is 2.89. The summed E-state index contributed by atoms with van der Waals surface area (Å²) in [6.07, 6.45) is 2.27. The van der Waals surface area contributed by atoms with Crippen molar-refractivity contribution in [3.63, 3.8) is 0 Å². The normalized spacial score (nSPS) is 10.5. The number of nitrogens with zero attached hydrogens (tertiary/aromatic N) is 1. The zero-order valence-electron chi connectivity index (χ0n) is 12.2. The average Bonchev–Trinajstić information content (AvgIpc) is 2.84. The van der Waals surface area contributed by atoms with Crippen molar-refractivity contribution in [2.75, 3.05) is 12.4 Å². The van der Waals surface area contributed by atoms with Gasteiger partial charge in [0.15, 0.2) is 10.2 Å². The number of anilines is 1. The molecule has 2 N–H and O–H groups in total. The van der Waals surface area contributed by atoms with E-state index >= 15 is 0 Å². The van der Waals surface area contributed by atoms with E-state index < -0.39 is 0 Å². The highest BCUT2D eigenvalue weighted by Crippen LogP contribution is 2.34. The Morgan fingerprint density at radius 2 is 2.27 bits per heavy atom. The minimum atomic E-state index is -0.0924. The molecule has 0 bridgehead atoms. The van der Waals surface area contributed by atoms with Gasteiger partial charge in [-0.2, -0.15) is 0 Å². The molecule has 0 spiro atoms. The minimum Gasteiger partial charge on any atom is -0.495 e. The standard InChI is InChI=1S/C14H16ClN3O2S2/c1-3-4-5-12(19)17-13(21)18-14-16-9-6-8(15)10(20-2)7-11(9)22-14/h6-7H,3-5H2,1-2H3,(H2,16,17,18,19,21). The molecule has 0 saturated carbocycles. The molecule has 118 valence electrons. The van der Waals surface area contributed by atoms with Gasteiger partial charge in [-0.3, -0.25) is 4.79 Å². The highest BCUT2D eigenvalue weighted by atomic mass is 35.5. The third kappa shape index (κ3) is 4.28. The summed E-state index contributed by atoms with van der Waals surface area (Å²) < 4.78 is 6.10. The lowest BCUT2D eigenvalue weighted by molar-refractivity contribution is -0.119. The van der Waals surface area contributed by atoms with Crippen molar-refractivity contribution in [3.8, 4) is 5.75 Å². The second-order valence-electron chi connectivity index (χ2n) is 4.58. The molecule has 1 heterocycles. The van der Waals surface area contributed by atoms with Crippen LogP contribution in [0, 0.1) is 0 Å². The number of unbranched alkanes of at least 4 members (excludes halogenated alkanes) is 1. The Bertz CT molecular complexity index is 703. The smallest absolute Gasteiger partial charge is 0.226 e. The molecule has 0 aliphatic rings. The van der Waals surface area contributed by atoms with Crippen LogP contribution in [0.5, 0.6) is 5.75 Å². The molecule has 0 saturated heterocycles. The second kappa shape index (κ2) is 7.71. The van der Waals surface area contributed by atoms with Gasteiger partial charge < -0.3 is 15.4 Å². The van der Waals surface area contributed by atoms with E-state index in [1.54, 1.807) is 13.2 Å². The van der Waals surface area contributed by atoms with E-state index in [1.165, 1.54) is 11.3 Å². The van der Waals surface area contributed by atoms with E-state index in [0.29, 0.717) is 22.3 Å². The fraction of sp³-hybridized carbons (Fsp3) is 0.357. The van der Waals surface area contributed by atoms with Crippen LogP contribution < -0.4 is 15.4 Å². The number of halogens is 1. The molecule has 1 amide bonds. The molecule has 8 heteroatoms. The summed E-state index contributed by atoms with van der Waals surface area (Å²) >= 11 is 12.6. The van der Waals surface area contributed by atoms with Crippen LogP contribution in [0.4, 0.5) is 5.13 Å². The van der Waals surface area contributed by atoms with E-state index in [-0.39, 0.29) is 11.0 Å². The van der Waals surface area contributed by atoms with Crippen molar-refractivity contribution in [1.82, 2.24) is 10.3 Å². The number of nitrogens with one attached hydrogen (secondary N) is 2. The summed E-state index contributed by atoms with van der Waals surface area (Å²) in [4.78, 5) is 16.0. The first-order valence-corrected chi connectivity index (χ1v) is 8.38. The predicted octanol–water partition coefficient (Wildman–Crippen LogP) is 3.96. The Balaban J connectivity index is 2.05. The number of thiazole rings is 1. The first kappa shape index (κ1) is 16.9. The summed E-state index contributed by atoms with van der Waals surface area (Å²) in [5.41, 5.74) is 0.749. The lowest BCUT2D eigenvalue weighted by Crippen LogP contribution is -2.33. The fourth-order valence-corrected chi connectivity index (χ4v) is 3.19. The van der Waals surface area contributed by atoms with Gasteiger partial charge in [-0.25, -0.2) is 4.98 Å². The number of carbonyl (C=O) groups is 1. The summed E-state index contributed by atoms with van der Waals surface area (Å²) in [7, 11) is 1.56. The van der Waals surface area contributed by atoms with Crippen LogP contribution in [-0.2, 0) is 4.79 Å². The maximum atomic E-state index is 11.6. The Labute approximate surface area is 143 Å². The quantitative estimate of drug-likeness (QED) is 0.793. The van der Waals surface area contributed by atoms with Crippen LogP contribution in [0.15, 0.2) is 12.1 Å². The van der Waals surface area contributed by atoms with Gasteiger partial charge in [0.2, 0.25) is 5.91 Å². The molecule has 0 fully saturated rings. The molecular formula is C14H16ClN3O2S2. The fourth-order valence-electron chi connectivity index (χ4n) is 1.79. The Morgan fingerprint density at radius 3 is 2.95 bits per heavy atom. The largest absolute Gasteiger partial charge is 0.495 e. The molecule has 1 aromatic heterocycles. The number of amides is 1. The number of aromatic nitrogens is 1. The minimum absolute atomic E-state index is 0.0924. The zero-order chi connectivity index (χ0) is 16.1. The van der Waals surface area contributed by atoms with E-state index in [4.69, 9.17) is 28.6 Å². The Morgan fingerprint density at radius 1 is 1.50 bits per heavy atom. The number of benzene rings is 1. The van der Waals surface area contributed by atoms with Gasteiger partial charge in [-0.1, -0.05) is 36.3 Å². The lowest BCUT2D eigenvalue weighted by atomic mass is 10.2. The van der Waals surface area contributed by atoms with Gasteiger partial charge >= 0.3 is 0 Å². The molecule has 0 atom stereocenters. The van der Waals surface area contributed by atoms with Gasteiger partial charge in [0.05, 0.1) is 22.3 Å². The number of thiocarbonyl (C=S) groups is 1. The van der Waals surface area contributed by atoms with Crippen molar-refractivity contribution >= 4 is 61.5 Å². The number of hydrogen-bond acceptors (Lipinski definition) is 5. The number of rotatable bonds is 5. The first-order valence-electron chi connectivity index (χ1n) is 6.78. The van der Waals surface area contributed by atoms with Crippen LogP contribution >= 0.6 is 35.2 Å². The molecule has 22 heavy (non-hydrogen) atoms. The van der Waals surface area contributed by atoms with Crippen molar-refractivity contribution in [3.05, 3.63) is 17.2 Å². The second-order valence-corrected chi connectivity index (χ2v) is 6.43. The van der Waals surface area contributed by atoms with Crippen molar-refractivity contribution < 1.29 is 9.53 Å². The molecule has 0 aliphatic heterocycles. The lowest BCUT2D eigenvalue weighted by Gasteiger charge is -2.06. The highest BCUT2D eigenvalue weighted by Gasteiger charge is 2.11. The van der Waals surface area contributed by atoms with E-state index in [0.717, 1.165) is 23.1 Å². The van der Waals surface area contributed by atoms with Crippen molar-refractivity contribution in [2.24, 2.45) is 0 Å². The number of methoxy groups -OCH3 is 1. The van der Waals surface area contributed by atoms with Crippen LogP contribution in [0.25, 0.3) is 10.2 Å². The van der Waals surface area contributed by atoms with E-state index in [9.17, 15) is 4.79 Å². The number of carbonyl (C=O) groups excluding carboxylic acids is 1. The van der Waals surface area contributed by atoms with Crippen molar-refractivity contribution in [1.29, 1.82) is 0 Å². The van der Waals surface area contributed by atoms with E-state index in [2.05, 4.69) is 15.6 Å². The summed E-state index contributed by atoms with van der Waals surface area (Å²) in [6.45, 7) is 2.03. The van der Waals surface area contributed by atoms with Gasteiger partial charge in [0, 0.05) is 12.5 Å². The molecule has 0 unspecified atom stereocenters. The maximum absolute atomic E-state index is 11.6. The van der Waals surface area contributed by atoms with Gasteiger partial charge in [-0.15, -0.1) is 0 Å². The molecule has 0 radical (unpaired) electrons. The Hall–Kier alpha value is -1.44. The predicted molar refractivity (Wildman–Crippen MR) is 95.1 cm³/mol. The Kier molecular flexibility index (Phi) is 5.93. The van der Waals surface area contributed by atoms with Crippen LogP contribution in [0.3, 0.4) is 0 Å². The van der Waals surface area contributed by atoms with Gasteiger partial charge in [-0.05, 0) is 24.7 Å². The first-order chi connectivity index (χ1) is 10.5. The zero-order valence-corrected chi connectivity index (χ0v) is 14.6. The van der Waals surface area contributed by atoms with Gasteiger partial charge in [0.25, 0.3) is 0 Å². The van der Waals surface area contributed by atoms with Crippen LogP contribution in [0.2, 0.25) is 5.02 Å². The van der Waals surface area contributed by atoms with Crippen LogP contribution in [-0.4, -0.2) is 23.1 Å². The highest BCUT2D eigenvalue weighted by molar-refractivity contribution is 7.80. The molecule has 5 nitrogen and oxygen atoms in total. The summed E-state index contributed by atoms with van der Waals surface area (Å²) in [6, 6.07) is 3.56. The molecule has 1 aromatic carbocycles.